The van der Waals surface area contributed by atoms with Gasteiger partial charge < -0.3 is 20.1 Å². The minimum atomic E-state index is -1.09. The predicted molar refractivity (Wildman–Crippen MR) is 140 cm³/mol. The Kier molecular flexibility index (Phi) is 6.94. The number of carboxylic acid groups (broad SMARTS) is 1. The molecule has 2 aliphatic rings. The lowest BCUT2D eigenvalue weighted by molar-refractivity contribution is -0.139. The van der Waals surface area contributed by atoms with Crippen LogP contribution in [0.25, 0.3) is 11.1 Å². The Morgan fingerprint density at radius 2 is 1.64 bits per heavy atom. The zero-order valence-corrected chi connectivity index (χ0v) is 20.5. The minimum Gasteiger partial charge on any atom is -0.480 e. The first-order valence-electron chi connectivity index (χ1n) is 12.7. The van der Waals surface area contributed by atoms with E-state index in [1.54, 1.807) is 0 Å². The number of ether oxygens (including phenoxy) is 1. The molecule has 3 aromatic carbocycles. The molecule has 186 valence electrons. The molecule has 1 amide bonds. The molecule has 6 heteroatoms. The molecule has 2 unspecified atom stereocenters. The number of alkyl carbamates (subject to hydrolysis) is 1. The number of fused-ring (bicyclic) bond motifs is 3. The lowest BCUT2D eigenvalue weighted by Gasteiger charge is -2.32. The number of hydrogen-bond donors (Lipinski definition) is 2. The van der Waals surface area contributed by atoms with E-state index in [-0.39, 0.29) is 18.9 Å². The Morgan fingerprint density at radius 1 is 1.00 bits per heavy atom. The number of carboxylic acids is 1. The number of hydrogen-bond acceptors (Lipinski definition) is 4. The molecule has 1 aliphatic carbocycles. The van der Waals surface area contributed by atoms with Gasteiger partial charge in [0.25, 0.3) is 0 Å². The van der Waals surface area contributed by atoms with Gasteiger partial charge in [-0.25, -0.2) is 9.59 Å². The summed E-state index contributed by atoms with van der Waals surface area (Å²) in [5, 5.41) is 12.3. The molecule has 6 nitrogen and oxygen atoms in total. The average molecular weight is 485 g/mol. The van der Waals surface area contributed by atoms with Crippen molar-refractivity contribution in [2.45, 2.75) is 38.1 Å². The fourth-order valence-electron chi connectivity index (χ4n) is 5.48. The van der Waals surface area contributed by atoms with Crippen molar-refractivity contribution in [2.24, 2.45) is 5.92 Å². The molecule has 1 heterocycles. The first kappa shape index (κ1) is 23.9. The second-order valence-electron chi connectivity index (χ2n) is 9.92. The zero-order chi connectivity index (χ0) is 25.1. The fraction of sp³-hybridized carbons (Fsp3) is 0.333. The molecular formula is C30H32N2O4. The minimum absolute atomic E-state index is 0.0727. The van der Waals surface area contributed by atoms with Crippen LogP contribution in [0, 0.1) is 5.92 Å². The summed E-state index contributed by atoms with van der Waals surface area (Å²) in [6.45, 7) is 4.51. The Morgan fingerprint density at radius 3 is 2.25 bits per heavy atom. The number of carbonyl (C=O) groups excluding carboxylic acids is 1. The number of aliphatic carboxylic acids is 1. The van der Waals surface area contributed by atoms with E-state index in [0.29, 0.717) is 5.92 Å². The normalized spacial score (nSPS) is 17.7. The number of piperidine rings is 1. The molecule has 0 spiro atoms. The molecule has 5 rings (SSSR count). The van der Waals surface area contributed by atoms with E-state index >= 15 is 0 Å². The molecule has 0 aromatic heterocycles. The van der Waals surface area contributed by atoms with Crippen molar-refractivity contribution in [3.05, 3.63) is 89.5 Å². The van der Waals surface area contributed by atoms with Gasteiger partial charge in [-0.1, -0.05) is 67.6 Å². The summed E-state index contributed by atoms with van der Waals surface area (Å²) in [4.78, 5) is 26.9. The standard InChI is InChI=1S/C30H32N2O4/c1-20-7-6-16-32(18-20)22-14-12-21(13-15-22)17-28(29(33)34)31-30(35)36-19-27-25-10-4-2-8-23(25)24-9-3-5-11-26(24)27/h2-5,8-15,20,27-28H,6-7,16-19H2,1H3,(H,31,35)(H,33,34). The van der Waals surface area contributed by atoms with Crippen molar-refractivity contribution in [3.63, 3.8) is 0 Å². The van der Waals surface area contributed by atoms with E-state index in [9.17, 15) is 14.7 Å². The number of nitrogens with one attached hydrogen (secondary N) is 1. The van der Waals surface area contributed by atoms with Crippen LogP contribution in [0.1, 0.15) is 42.4 Å². The van der Waals surface area contributed by atoms with Crippen LogP contribution >= 0.6 is 0 Å². The highest BCUT2D eigenvalue weighted by Gasteiger charge is 2.30. The third-order valence-electron chi connectivity index (χ3n) is 7.33. The third kappa shape index (κ3) is 5.08. The molecule has 3 aromatic rings. The van der Waals surface area contributed by atoms with Gasteiger partial charge in [0.2, 0.25) is 0 Å². The summed E-state index contributed by atoms with van der Waals surface area (Å²) in [6, 6.07) is 23.1. The highest BCUT2D eigenvalue weighted by molar-refractivity contribution is 5.81. The highest BCUT2D eigenvalue weighted by atomic mass is 16.5. The van der Waals surface area contributed by atoms with E-state index in [1.165, 1.54) is 12.8 Å². The van der Waals surface area contributed by atoms with Gasteiger partial charge in [0.1, 0.15) is 12.6 Å². The lowest BCUT2D eigenvalue weighted by Crippen LogP contribution is -2.42. The summed E-state index contributed by atoms with van der Waals surface area (Å²) >= 11 is 0. The second-order valence-corrected chi connectivity index (χ2v) is 9.92. The summed E-state index contributed by atoms with van der Waals surface area (Å²) in [7, 11) is 0. The Bertz CT molecular complexity index is 1190. The number of carbonyl (C=O) groups is 2. The van der Waals surface area contributed by atoms with E-state index in [4.69, 9.17) is 4.74 Å². The maximum Gasteiger partial charge on any atom is 0.407 e. The van der Waals surface area contributed by atoms with E-state index < -0.39 is 18.1 Å². The van der Waals surface area contributed by atoms with Crippen LogP contribution < -0.4 is 10.2 Å². The van der Waals surface area contributed by atoms with E-state index in [0.717, 1.165) is 46.6 Å². The zero-order valence-electron chi connectivity index (χ0n) is 20.5. The van der Waals surface area contributed by atoms with Gasteiger partial charge in [-0.05, 0) is 58.7 Å². The van der Waals surface area contributed by atoms with Gasteiger partial charge in [-0.15, -0.1) is 0 Å². The number of amides is 1. The summed E-state index contributed by atoms with van der Waals surface area (Å²) in [5.41, 5.74) is 6.53. The molecule has 0 bridgehead atoms. The van der Waals surface area contributed by atoms with Crippen molar-refractivity contribution >= 4 is 17.7 Å². The molecular weight excluding hydrogens is 452 g/mol. The van der Waals surface area contributed by atoms with Crippen molar-refractivity contribution < 1.29 is 19.4 Å². The van der Waals surface area contributed by atoms with Crippen molar-refractivity contribution in [1.29, 1.82) is 0 Å². The van der Waals surface area contributed by atoms with Gasteiger partial charge >= 0.3 is 12.1 Å². The molecule has 1 aliphatic heterocycles. The second kappa shape index (κ2) is 10.4. The largest absolute Gasteiger partial charge is 0.480 e. The maximum atomic E-state index is 12.6. The van der Waals surface area contributed by atoms with Crippen LogP contribution in [0.4, 0.5) is 10.5 Å². The van der Waals surface area contributed by atoms with E-state index in [1.807, 2.05) is 48.5 Å². The van der Waals surface area contributed by atoms with Crippen LogP contribution in [-0.4, -0.2) is 42.9 Å². The SMILES string of the molecule is CC1CCCN(c2ccc(CC(NC(=O)OCC3c4ccccc4-c4ccccc43)C(=O)O)cc2)C1. The fourth-order valence-corrected chi connectivity index (χ4v) is 5.48. The van der Waals surface area contributed by atoms with Gasteiger partial charge in [0, 0.05) is 31.1 Å². The lowest BCUT2D eigenvalue weighted by atomic mass is 9.98. The molecule has 36 heavy (non-hydrogen) atoms. The Hall–Kier alpha value is -3.80. The molecule has 1 fully saturated rings. The quantitative estimate of drug-likeness (QED) is 0.466. The molecule has 0 radical (unpaired) electrons. The summed E-state index contributed by atoms with van der Waals surface area (Å²) in [5.74, 6) is -0.481. The van der Waals surface area contributed by atoms with Crippen molar-refractivity contribution in [3.8, 4) is 11.1 Å². The summed E-state index contributed by atoms with van der Waals surface area (Å²) in [6.07, 6.45) is 1.92. The first-order valence-corrected chi connectivity index (χ1v) is 12.7. The maximum absolute atomic E-state index is 12.6. The molecule has 2 atom stereocenters. The van der Waals surface area contributed by atoms with Crippen LogP contribution in [0.3, 0.4) is 0 Å². The number of benzene rings is 3. The molecule has 0 saturated carbocycles. The highest BCUT2D eigenvalue weighted by Crippen LogP contribution is 2.44. The topological polar surface area (TPSA) is 78.9 Å². The smallest absolute Gasteiger partial charge is 0.407 e. The molecule has 1 saturated heterocycles. The predicted octanol–water partition coefficient (Wildman–Crippen LogP) is 5.46. The summed E-state index contributed by atoms with van der Waals surface area (Å²) < 4.78 is 5.55. The molecule has 2 N–H and O–H groups in total. The van der Waals surface area contributed by atoms with Crippen LogP contribution in [0.2, 0.25) is 0 Å². The van der Waals surface area contributed by atoms with E-state index in [2.05, 4.69) is 41.4 Å². The monoisotopic (exact) mass is 484 g/mol. The number of nitrogens with zero attached hydrogens (tertiary/aromatic N) is 1. The average Bonchev–Trinajstić information content (AvgIpc) is 3.21. The van der Waals surface area contributed by atoms with Gasteiger partial charge in [0.05, 0.1) is 0 Å². The number of rotatable bonds is 7. The van der Waals surface area contributed by atoms with Gasteiger partial charge in [-0.3, -0.25) is 0 Å². The third-order valence-corrected chi connectivity index (χ3v) is 7.33. The Balaban J connectivity index is 1.20. The van der Waals surface area contributed by atoms with Crippen LogP contribution in [0.5, 0.6) is 0 Å². The van der Waals surface area contributed by atoms with Crippen molar-refractivity contribution in [1.82, 2.24) is 5.32 Å². The van der Waals surface area contributed by atoms with Crippen LogP contribution in [-0.2, 0) is 16.0 Å². The Labute approximate surface area is 211 Å². The van der Waals surface area contributed by atoms with Gasteiger partial charge in [-0.2, -0.15) is 0 Å². The van der Waals surface area contributed by atoms with Crippen LogP contribution in [0.15, 0.2) is 72.8 Å². The van der Waals surface area contributed by atoms with Crippen molar-refractivity contribution in [2.75, 3.05) is 24.6 Å². The number of anilines is 1. The van der Waals surface area contributed by atoms with Gasteiger partial charge in [0.15, 0.2) is 0 Å². The first-order chi connectivity index (χ1) is 17.5.